The van der Waals surface area contributed by atoms with Crippen LogP contribution in [0.15, 0.2) is 24.0 Å². The van der Waals surface area contributed by atoms with Crippen LogP contribution in [0.25, 0.3) is 5.57 Å². The second-order valence-corrected chi connectivity index (χ2v) is 5.27. The highest BCUT2D eigenvalue weighted by Gasteiger charge is 2.20. The average Bonchev–Trinajstić information content (AvgIpc) is 2.48. The minimum absolute atomic E-state index is 0.00648. The number of carbonyl (C=O) groups excluding carboxylic acids is 1. The lowest BCUT2D eigenvalue weighted by atomic mass is 10.1. The molecule has 1 aliphatic heterocycles. The molecule has 0 atom stereocenters. The summed E-state index contributed by atoms with van der Waals surface area (Å²) in [5.41, 5.74) is 8.01. The van der Waals surface area contributed by atoms with Gasteiger partial charge in [-0.25, -0.2) is 0 Å². The summed E-state index contributed by atoms with van der Waals surface area (Å²) < 4.78 is 0. The maximum absolute atomic E-state index is 12.4. The molecule has 0 bridgehead atoms. The van der Waals surface area contributed by atoms with Crippen LogP contribution < -0.4 is 5.73 Å². The molecule has 2 rings (SSSR count). The predicted octanol–water partition coefficient (Wildman–Crippen LogP) is 0.808. The van der Waals surface area contributed by atoms with Crippen LogP contribution in [0.5, 0.6) is 0 Å². The van der Waals surface area contributed by atoms with E-state index in [-0.39, 0.29) is 5.91 Å². The number of allylic oxidation sites excluding steroid dienone is 2. The third-order valence-corrected chi connectivity index (χ3v) is 3.65. The molecular formula is C15H21N5O. The molecule has 0 saturated carbocycles. The third-order valence-electron chi connectivity index (χ3n) is 3.65. The van der Waals surface area contributed by atoms with Gasteiger partial charge in [0.15, 0.2) is 0 Å². The molecule has 1 aliphatic rings. The fourth-order valence-corrected chi connectivity index (χ4v) is 2.26. The SMILES string of the molecule is C/C(N)=C(\C=N)c1ccc(C(=O)N2CCN(C)CC2)cn1. The van der Waals surface area contributed by atoms with E-state index in [1.165, 1.54) is 6.21 Å². The molecule has 0 aromatic carbocycles. The van der Waals surface area contributed by atoms with Crippen molar-refractivity contribution in [3.05, 3.63) is 35.3 Å². The number of nitrogens with zero attached hydrogens (tertiary/aromatic N) is 3. The van der Waals surface area contributed by atoms with Crippen LogP contribution in [-0.2, 0) is 0 Å². The number of likely N-dealkylation sites (N-methyl/N-ethyl adjacent to an activating group) is 1. The maximum Gasteiger partial charge on any atom is 0.255 e. The highest BCUT2D eigenvalue weighted by Crippen LogP contribution is 2.14. The number of rotatable bonds is 3. The molecule has 0 spiro atoms. The number of pyridine rings is 1. The monoisotopic (exact) mass is 287 g/mol. The second kappa shape index (κ2) is 6.49. The number of carbonyl (C=O) groups is 1. The highest BCUT2D eigenvalue weighted by atomic mass is 16.2. The van der Waals surface area contributed by atoms with Crippen LogP contribution in [0.2, 0.25) is 0 Å². The highest BCUT2D eigenvalue weighted by molar-refractivity contribution is 6.08. The van der Waals surface area contributed by atoms with Gasteiger partial charge in [0.05, 0.1) is 11.3 Å². The van der Waals surface area contributed by atoms with Gasteiger partial charge in [0.25, 0.3) is 5.91 Å². The van der Waals surface area contributed by atoms with E-state index in [0.29, 0.717) is 22.5 Å². The molecule has 1 saturated heterocycles. The number of hydrogen-bond donors (Lipinski definition) is 2. The van der Waals surface area contributed by atoms with Crippen molar-refractivity contribution in [1.82, 2.24) is 14.8 Å². The molecule has 2 heterocycles. The average molecular weight is 287 g/mol. The molecule has 3 N–H and O–H groups in total. The molecule has 112 valence electrons. The van der Waals surface area contributed by atoms with Crippen molar-refractivity contribution in [3.63, 3.8) is 0 Å². The lowest BCUT2D eigenvalue weighted by molar-refractivity contribution is 0.0663. The number of piperazine rings is 1. The smallest absolute Gasteiger partial charge is 0.255 e. The van der Waals surface area contributed by atoms with Crippen molar-refractivity contribution >= 4 is 17.7 Å². The summed E-state index contributed by atoms with van der Waals surface area (Å²) in [6, 6.07) is 3.48. The van der Waals surface area contributed by atoms with Gasteiger partial charge in [-0.3, -0.25) is 9.78 Å². The van der Waals surface area contributed by atoms with E-state index in [2.05, 4.69) is 16.9 Å². The zero-order valence-electron chi connectivity index (χ0n) is 12.5. The van der Waals surface area contributed by atoms with Crippen molar-refractivity contribution in [2.75, 3.05) is 33.2 Å². The van der Waals surface area contributed by atoms with Gasteiger partial charge in [0, 0.05) is 49.9 Å². The zero-order chi connectivity index (χ0) is 15.4. The summed E-state index contributed by atoms with van der Waals surface area (Å²) in [4.78, 5) is 20.7. The van der Waals surface area contributed by atoms with Crippen LogP contribution >= 0.6 is 0 Å². The Morgan fingerprint density at radius 3 is 2.48 bits per heavy atom. The number of aromatic nitrogens is 1. The van der Waals surface area contributed by atoms with E-state index in [9.17, 15) is 4.79 Å². The van der Waals surface area contributed by atoms with E-state index in [0.717, 1.165) is 26.2 Å². The lowest BCUT2D eigenvalue weighted by Crippen LogP contribution is -2.47. The van der Waals surface area contributed by atoms with Gasteiger partial charge in [-0.05, 0) is 26.1 Å². The van der Waals surface area contributed by atoms with Crippen LogP contribution in [0.4, 0.5) is 0 Å². The Labute approximate surface area is 124 Å². The number of nitrogens with one attached hydrogen (secondary N) is 1. The molecule has 0 aliphatic carbocycles. The van der Waals surface area contributed by atoms with Crippen LogP contribution in [-0.4, -0.2) is 60.1 Å². The molecule has 0 unspecified atom stereocenters. The normalized spacial score (nSPS) is 17.3. The van der Waals surface area contributed by atoms with Gasteiger partial charge in [0.2, 0.25) is 0 Å². The Hall–Kier alpha value is -2.21. The maximum atomic E-state index is 12.4. The standard InChI is InChI=1S/C15H21N5O/c1-11(17)13(9-16)14-4-3-12(10-18-14)15(21)20-7-5-19(2)6-8-20/h3-4,9-10,16H,5-8,17H2,1-2H3/b13-11-,16-9?. The van der Waals surface area contributed by atoms with Crippen LogP contribution in [0.1, 0.15) is 23.0 Å². The summed E-state index contributed by atoms with van der Waals surface area (Å²) in [7, 11) is 2.05. The van der Waals surface area contributed by atoms with Crippen molar-refractivity contribution in [3.8, 4) is 0 Å². The van der Waals surface area contributed by atoms with Gasteiger partial charge >= 0.3 is 0 Å². The molecule has 6 heteroatoms. The fraction of sp³-hybridized carbons (Fsp3) is 0.400. The van der Waals surface area contributed by atoms with Crippen LogP contribution in [0, 0.1) is 5.41 Å². The quantitative estimate of drug-likeness (QED) is 0.805. The fourth-order valence-electron chi connectivity index (χ4n) is 2.26. The van der Waals surface area contributed by atoms with Crippen molar-refractivity contribution in [1.29, 1.82) is 5.41 Å². The first-order valence-corrected chi connectivity index (χ1v) is 6.94. The van der Waals surface area contributed by atoms with E-state index in [1.54, 1.807) is 25.3 Å². The van der Waals surface area contributed by atoms with Gasteiger partial charge in [0.1, 0.15) is 0 Å². The number of amides is 1. The Kier molecular flexibility index (Phi) is 4.70. The van der Waals surface area contributed by atoms with Gasteiger partial charge < -0.3 is 20.9 Å². The number of nitrogens with two attached hydrogens (primary N) is 1. The van der Waals surface area contributed by atoms with Crippen molar-refractivity contribution in [2.24, 2.45) is 5.73 Å². The van der Waals surface area contributed by atoms with E-state index >= 15 is 0 Å². The third kappa shape index (κ3) is 3.46. The molecule has 6 nitrogen and oxygen atoms in total. The Morgan fingerprint density at radius 1 is 1.33 bits per heavy atom. The largest absolute Gasteiger partial charge is 0.402 e. The van der Waals surface area contributed by atoms with Crippen molar-refractivity contribution in [2.45, 2.75) is 6.92 Å². The first kappa shape index (κ1) is 15.2. The molecule has 1 aromatic heterocycles. The molecule has 21 heavy (non-hydrogen) atoms. The topological polar surface area (TPSA) is 86.3 Å². The minimum Gasteiger partial charge on any atom is -0.402 e. The minimum atomic E-state index is 0.00648. The molecule has 1 aromatic rings. The Balaban J connectivity index is 2.14. The molecule has 0 radical (unpaired) electrons. The van der Waals surface area contributed by atoms with E-state index in [4.69, 9.17) is 11.1 Å². The zero-order valence-corrected chi connectivity index (χ0v) is 12.5. The van der Waals surface area contributed by atoms with Crippen LogP contribution in [0.3, 0.4) is 0 Å². The summed E-state index contributed by atoms with van der Waals surface area (Å²) >= 11 is 0. The summed E-state index contributed by atoms with van der Waals surface area (Å²) in [6.07, 6.45) is 2.74. The Bertz CT molecular complexity index is 552. The molecular weight excluding hydrogens is 266 g/mol. The summed E-state index contributed by atoms with van der Waals surface area (Å²) in [6.45, 7) is 5.00. The summed E-state index contributed by atoms with van der Waals surface area (Å²) in [5.74, 6) is 0.00648. The number of hydrogen-bond acceptors (Lipinski definition) is 5. The van der Waals surface area contributed by atoms with E-state index < -0.39 is 0 Å². The second-order valence-electron chi connectivity index (χ2n) is 5.27. The first-order chi connectivity index (χ1) is 10.0. The first-order valence-electron chi connectivity index (χ1n) is 6.94. The van der Waals surface area contributed by atoms with Gasteiger partial charge in [-0.1, -0.05) is 0 Å². The molecule has 1 fully saturated rings. The van der Waals surface area contributed by atoms with Gasteiger partial charge in [-0.15, -0.1) is 0 Å². The lowest BCUT2D eigenvalue weighted by Gasteiger charge is -2.32. The van der Waals surface area contributed by atoms with E-state index in [1.807, 2.05) is 4.90 Å². The van der Waals surface area contributed by atoms with Crippen molar-refractivity contribution < 1.29 is 4.79 Å². The predicted molar refractivity (Wildman–Crippen MR) is 83.2 cm³/mol. The van der Waals surface area contributed by atoms with Gasteiger partial charge in [-0.2, -0.15) is 0 Å². The summed E-state index contributed by atoms with van der Waals surface area (Å²) in [5, 5.41) is 7.36. The Morgan fingerprint density at radius 2 is 2.00 bits per heavy atom. The molecule has 1 amide bonds.